The molecule has 0 amide bonds. The predicted molar refractivity (Wildman–Crippen MR) is 222 cm³/mol. The van der Waals surface area contributed by atoms with Crippen LogP contribution in [0.1, 0.15) is 126 Å². The number of carbonyl (C=O) groups is 5. The Morgan fingerprint density at radius 2 is 1.26 bits per heavy atom. The Bertz CT molecular complexity index is 1920. The average molecular weight is 787 g/mol. The molecular weight excluding hydrogens is 725 g/mol. The minimum absolute atomic E-state index is 0.0354. The summed E-state index contributed by atoms with van der Waals surface area (Å²) in [6.07, 6.45) is 13.9. The summed E-state index contributed by atoms with van der Waals surface area (Å²) < 4.78 is 10.7. The molecule has 0 unspecified atom stereocenters. The van der Waals surface area contributed by atoms with Crippen molar-refractivity contribution in [1.29, 1.82) is 0 Å². The van der Waals surface area contributed by atoms with Gasteiger partial charge in [-0.2, -0.15) is 0 Å². The number of hydrogen-bond donors (Lipinski definition) is 3. The van der Waals surface area contributed by atoms with E-state index in [2.05, 4.69) is 39.0 Å². The van der Waals surface area contributed by atoms with Gasteiger partial charge in [-0.3, -0.25) is 14.4 Å². The normalized spacial score (nSPS) is 23.9. The molecule has 2 saturated carbocycles. The molecule has 0 aromatic heterocycles. The fourth-order valence-corrected chi connectivity index (χ4v) is 8.27. The summed E-state index contributed by atoms with van der Waals surface area (Å²) >= 11 is 0. The summed E-state index contributed by atoms with van der Waals surface area (Å²) in [5.41, 5.74) is 0.423. The Hall–Kier alpha value is -4.99. The number of hydrogen-bond acceptors (Lipinski definition) is 8. The summed E-state index contributed by atoms with van der Waals surface area (Å²) in [7, 11) is 0. The van der Waals surface area contributed by atoms with Crippen LogP contribution >= 0.6 is 0 Å². The van der Waals surface area contributed by atoms with Gasteiger partial charge in [-0.25, -0.2) is 9.59 Å². The summed E-state index contributed by atoms with van der Waals surface area (Å²) in [5.74, 6) is -5.78. The van der Waals surface area contributed by atoms with E-state index in [0.29, 0.717) is 19.3 Å². The van der Waals surface area contributed by atoms with E-state index < -0.39 is 70.1 Å². The van der Waals surface area contributed by atoms with Gasteiger partial charge in [0.1, 0.15) is 16.7 Å². The second kappa shape index (κ2) is 19.4. The Morgan fingerprint density at radius 1 is 0.719 bits per heavy atom. The van der Waals surface area contributed by atoms with Crippen LogP contribution < -0.4 is 9.47 Å². The SMILES string of the molecule is CC(C)=CCC/C(C)=C/C[C@@H]1C[C@@]2(CC=C(C)C)C(=O)C(=C(O)c3ccc(OCC(=O)O)c(OCC(=O)O)c3)C(=O)[C@](CC=C(C)C)(C2=O)[C@@]1(C)CCC=C(C)C. The second-order valence-electron chi connectivity index (χ2n) is 16.9. The largest absolute Gasteiger partial charge is 0.506 e. The van der Waals surface area contributed by atoms with Gasteiger partial charge in [0.05, 0.1) is 5.41 Å². The fraction of sp³-hybridized carbons (Fsp3) is 0.511. The number of carboxylic acids is 2. The van der Waals surface area contributed by atoms with Gasteiger partial charge in [-0.1, -0.05) is 65.2 Å². The first-order valence-electron chi connectivity index (χ1n) is 19.7. The molecule has 4 atom stereocenters. The standard InChI is InChI=1S/C47H62O10/c1-29(2)13-11-15-33(9)16-18-35-26-46(23-20-31(5)6)42(53)40(41(52)34-17-19-36(56-27-38(48)49)37(25-34)57-28-39(50)51)43(54)47(44(46)55,24-21-32(7)8)45(35,10)22-12-14-30(3)4/h13-14,16-17,19-21,25,35,52H,11-12,15,18,22-24,26-28H2,1-10H3,(H,48,49)(H,50,51)/b33-16+,41-40?/t35-,45+,46+,47-/m1/s1. The third-order valence-electron chi connectivity index (χ3n) is 11.5. The fourth-order valence-electron chi connectivity index (χ4n) is 8.27. The number of carboxylic acid groups (broad SMARTS) is 2. The summed E-state index contributed by atoms with van der Waals surface area (Å²) in [4.78, 5) is 69.1. The third kappa shape index (κ3) is 10.5. The number of ketones is 3. The van der Waals surface area contributed by atoms with Gasteiger partial charge < -0.3 is 24.8 Å². The first-order chi connectivity index (χ1) is 26.6. The smallest absolute Gasteiger partial charge is 0.341 e. The summed E-state index contributed by atoms with van der Waals surface area (Å²) in [5, 5.41) is 30.7. The van der Waals surface area contributed by atoms with Crippen molar-refractivity contribution in [3.63, 3.8) is 0 Å². The maximum atomic E-state index is 15.6. The molecule has 0 spiro atoms. The molecule has 0 aliphatic heterocycles. The van der Waals surface area contributed by atoms with Crippen LogP contribution in [0, 0.1) is 22.2 Å². The highest BCUT2D eigenvalue weighted by atomic mass is 16.5. The van der Waals surface area contributed by atoms with Crippen molar-refractivity contribution in [2.75, 3.05) is 13.2 Å². The lowest BCUT2D eigenvalue weighted by atomic mass is 9.37. The molecule has 57 heavy (non-hydrogen) atoms. The van der Waals surface area contributed by atoms with Gasteiger partial charge in [0, 0.05) is 5.56 Å². The highest BCUT2D eigenvalue weighted by molar-refractivity contribution is 6.41. The Balaban J connectivity index is 2.45. The molecule has 10 heteroatoms. The molecule has 3 rings (SSSR count). The maximum absolute atomic E-state index is 15.6. The van der Waals surface area contributed by atoms with Crippen LogP contribution in [0.4, 0.5) is 0 Å². The highest BCUT2D eigenvalue weighted by Crippen LogP contribution is 2.67. The summed E-state index contributed by atoms with van der Waals surface area (Å²) in [6, 6.07) is 3.82. The number of carbonyl (C=O) groups excluding carboxylic acids is 3. The van der Waals surface area contributed by atoms with Gasteiger partial charge in [0.15, 0.2) is 42.1 Å². The minimum Gasteiger partial charge on any atom is -0.506 e. The van der Waals surface area contributed by atoms with Gasteiger partial charge in [-0.15, -0.1) is 0 Å². The molecule has 2 aliphatic rings. The van der Waals surface area contributed by atoms with Crippen molar-refractivity contribution >= 4 is 35.0 Å². The van der Waals surface area contributed by atoms with Gasteiger partial charge in [-0.05, 0) is 143 Å². The predicted octanol–water partition coefficient (Wildman–Crippen LogP) is 10.1. The lowest BCUT2D eigenvalue weighted by Gasteiger charge is -2.61. The lowest BCUT2D eigenvalue weighted by Crippen LogP contribution is -2.70. The van der Waals surface area contributed by atoms with Crippen LogP contribution in [0.5, 0.6) is 11.5 Å². The first-order valence-corrected chi connectivity index (χ1v) is 19.7. The van der Waals surface area contributed by atoms with Crippen LogP contribution in [-0.2, 0) is 24.0 Å². The Labute approximate surface area is 338 Å². The highest BCUT2D eigenvalue weighted by Gasteiger charge is 2.74. The van der Waals surface area contributed by atoms with E-state index in [1.807, 2.05) is 60.6 Å². The van der Waals surface area contributed by atoms with Gasteiger partial charge >= 0.3 is 11.9 Å². The average Bonchev–Trinajstić information content (AvgIpc) is 3.11. The summed E-state index contributed by atoms with van der Waals surface area (Å²) in [6.45, 7) is 18.2. The van der Waals surface area contributed by atoms with E-state index in [0.717, 1.165) is 29.6 Å². The molecule has 0 heterocycles. The van der Waals surface area contributed by atoms with Crippen molar-refractivity contribution < 1.29 is 48.8 Å². The maximum Gasteiger partial charge on any atom is 0.341 e. The number of rotatable bonds is 19. The Morgan fingerprint density at radius 3 is 1.82 bits per heavy atom. The molecular formula is C47H62O10. The Kier molecular flexibility index (Phi) is 15.8. The number of ether oxygens (including phenoxy) is 2. The van der Waals surface area contributed by atoms with E-state index in [1.54, 1.807) is 0 Å². The van der Waals surface area contributed by atoms with Crippen LogP contribution in [0.25, 0.3) is 5.76 Å². The zero-order chi connectivity index (χ0) is 42.9. The topological polar surface area (TPSA) is 164 Å². The molecule has 3 N–H and O–H groups in total. The van der Waals surface area contributed by atoms with Crippen LogP contribution in [0.3, 0.4) is 0 Å². The minimum atomic E-state index is -1.73. The van der Waals surface area contributed by atoms with E-state index in [9.17, 15) is 24.9 Å². The van der Waals surface area contributed by atoms with Crippen molar-refractivity contribution in [3.8, 4) is 11.5 Å². The van der Waals surface area contributed by atoms with Gasteiger partial charge in [0.25, 0.3) is 0 Å². The molecule has 1 aromatic carbocycles. The number of benzene rings is 1. The molecule has 310 valence electrons. The quantitative estimate of drug-likeness (QED) is 0.0404. The molecule has 2 fully saturated rings. The zero-order valence-corrected chi connectivity index (χ0v) is 35.5. The lowest BCUT2D eigenvalue weighted by molar-refractivity contribution is -0.178. The van der Waals surface area contributed by atoms with Crippen LogP contribution in [0.2, 0.25) is 0 Å². The first kappa shape index (κ1) is 46.4. The molecule has 0 saturated heterocycles. The van der Waals surface area contributed by atoms with Crippen molar-refractivity contribution in [2.24, 2.45) is 22.2 Å². The molecule has 1 aromatic rings. The zero-order valence-electron chi connectivity index (χ0n) is 35.5. The van der Waals surface area contributed by atoms with Gasteiger partial charge in [0.2, 0.25) is 0 Å². The molecule has 2 aliphatic carbocycles. The second-order valence-corrected chi connectivity index (χ2v) is 16.9. The van der Waals surface area contributed by atoms with Crippen LogP contribution in [0.15, 0.2) is 82.0 Å². The van der Waals surface area contributed by atoms with Crippen LogP contribution in [-0.4, -0.2) is 57.8 Å². The number of fused-ring (bicyclic) bond motifs is 2. The number of aliphatic carboxylic acids is 2. The number of allylic oxidation sites excluding steroid dienone is 11. The van der Waals surface area contributed by atoms with Crippen molar-refractivity contribution in [1.82, 2.24) is 0 Å². The van der Waals surface area contributed by atoms with E-state index in [4.69, 9.17) is 9.47 Å². The molecule has 2 bridgehead atoms. The van der Waals surface area contributed by atoms with Crippen molar-refractivity contribution in [2.45, 2.75) is 121 Å². The molecule has 0 radical (unpaired) electrons. The number of aliphatic hydroxyl groups is 1. The van der Waals surface area contributed by atoms with E-state index >= 15 is 14.4 Å². The van der Waals surface area contributed by atoms with Crippen molar-refractivity contribution in [3.05, 3.63) is 87.6 Å². The molecule has 10 nitrogen and oxygen atoms in total. The number of aliphatic hydroxyl groups excluding tert-OH is 1. The third-order valence-corrected chi connectivity index (χ3v) is 11.5. The number of Topliss-reactive ketones (excluding diaryl/α,β-unsaturated/α-hetero) is 3. The van der Waals surface area contributed by atoms with E-state index in [1.165, 1.54) is 29.3 Å². The van der Waals surface area contributed by atoms with E-state index in [-0.39, 0.29) is 42.2 Å². The monoisotopic (exact) mass is 786 g/mol.